The van der Waals surface area contributed by atoms with E-state index in [0.29, 0.717) is 12.8 Å². The monoisotopic (exact) mass is 295 g/mol. The second kappa shape index (κ2) is 8.68. The van der Waals surface area contributed by atoms with E-state index in [9.17, 15) is 19.7 Å². The fraction of sp³-hybridized carbons (Fsp3) is 0.818. The van der Waals surface area contributed by atoms with E-state index in [2.05, 4.69) is 9.47 Å². The molecule has 1 atom stereocenters. The van der Waals surface area contributed by atoms with Crippen molar-refractivity contribution < 1.29 is 24.0 Å². The van der Waals surface area contributed by atoms with Crippen LogP contribution in [0, 0.1) is 10.1 Å². The molecule has 0 aliphatic carbocycles. The molecule has 0 aliphatic rings. The summed E-state index contributed by atoms with van der Waals surface area (Å²) in [6.45, 7) is 0. The van der Waals surface area contributed by atoms with Gasteiger partial charge in [0.1, 0.15) is 0 Å². The molecule has 0 rings (SSSR count). The SMILES string of the molecule is COC(=O)CCCCC(Cl)(CCC(=O)OC)[N+](=O)[O-]. The number of esters is 2. The number of methoxy groups -OCH3 is 2. The number of rotatable bonds is 9. The summed E-state index contributed by atoms with van der Waals surface area (Å²) >= 11 is 5.90. The molecule has 0 saturated carbocycles. The third kappa shape index (κ3) is 6.95. The van der Waals surface area contributed by atoms with Crippen molar-refractivity contribution in [2.24, 2.45) is 0 Å². The Hall–Kier alpha value is -1.37. The Kier molecular flexibility index (Phi) is 8.06. The number of nitrogens with zero attached hydrogens (tertiary/aromatic N) is 1. The number of hydrogen-bond acceptors (Lipinski definition) is 6. The largest absolute Gasteiger partial charge is 0.469 e. The lowest BCUT2D eigenvalue weighted by molar-refractivity contribution is -0.544. The molecule has 1 unspecified atom stereocenters. The van der Waals surface area contributed by atoms with Gasteiger partial charge in [-0.25, -0.2) is 0 Å². The minimum absolute atomic E-state index is 0.0789. The molecule has 0 bridgehead atoms. The molecule has 0 saturated heterocycles. The molecule has 8 heteroatoms. The molecular formula is C11H18ClNO6. The first-order valence-electron chi connectivity index (χ1n) is 5.82. The van der Waals surface area contributed by atoms with Crippen molar-refractivity contribution in [1.29, 1.82) is 0 Å². The van der Waals surface area contributed by atoms with Crippen LogP contribution in [0.5, 0.6) is 0 Å². The highest BCUT2D eigenvalue weighted by atomic mass is 35.5. The maximum atomic E-state index is 11.0. The van der Waals surface area contributed by atoms with Crippen LogP contribution >= 0.6 is 11.6 Å². The first-order valence-corrected chi connectivity index (χ1v) is 6.20. The Balaban J connectivity index is 4.20. The van der Waals surface area contributed by atoms with E-state index in [4.69, 9.17) is 11.6 Å². The van der Waals surface area contributed by atoms with Gasteiger partial charge in [0.15, 0.2) is 0 Å². The number of carbonyl (C=O) groups excluding carboxylic acids is 2. The van der Waals surface area contributed by atoms with Gasteiger partial charge in [0, 0.05) is 24.2 Å². The lowest BCUT2D eigenvalue weighted by Gasteiger charge is -2.17. The Labute approximate surface area is 116 Å². The zero-order valence-electron chi connectivity index (χ0n) is 11.0. The summed E-state index contributed by atoms with van der Waals surface area (Å²) in [4.78, 5) is 30.5. The summed E-state index contributed by atoms with van der Waals surface area (Å²) in [6.07, 6.45) is 0.909. The molecule has 0 aliphatic heterocycles. The number of halogens is 1. The molecular weight excluding hydrogens is 278 g/mol. The summed E-state index contributed by atoms with van der Waals surface area (Å²) in [5, 5.41) is 10.9. The first-order chi connectivity index (χ1) is 8.85. The van der Waals surface area contributed by atoms with Crippen molar-refractivity contribution in [2.45, 2.75) is 43.5 Å². The standard InChI is InChI=1S/C11H18ClNO6/c1-18-9(14)5-3-4-7-11(12,13(16)17)8-6-10(15)19-2/h3-8H2,1-2H3. The summed E-state index contributed by atoms with van der Waals surface area (Å²) < 4.78 is 8.87. The number of carbonyl (C=O) groups is 2. The molecule has 0 radical (unpaired) electrons. The van der Waals surface area contributed by atoms with Crippen molar-refractivity contribution in [1.82, 2.24) is 0 Å². The third-order valence-corrected chi connectivity index (χ3v) is 3.20. The topological polar surface area (TPSA) is 95.7 Å². The Bertz CT molecular complexity index is 335. The fourth-order valence-electron chi connectivity index (χ4n) is 1.47. The molecule has 19 heavy (non-hydrogen) atoms. The average Bonchev–Trinajstić information content (AvgIpc) is 2.40. The van der Waals surface area contributed by atoms with Gasteiger partial charge in [-0.1, -0.05) is 0 Å². The van der Waals surface area contributed by atoms with Crippen LogP contribution in [0.2, 0.25) is 0 Å². The van der Waals surface area contributed by atoms with E-state index < -0.39 is 15.9 Å². The normalized spacial score (nSPS) is 13.4. The van der Waals surface area contributed by atoms with Crippen LogP contribution in [0.4, 0.5) is 0 Å². The van der Waals surface area contributed by atoms with Gasteiger partial charge in [-0.2, -0.15) is 0 Å². The maximum Gasteiger partial charge on any atom is 0.305 e. The van der Waals surface area contributed by atoms with Gasteiger partial charge in [0.2, 0.25) is 0 Å². The van der Waals surface area contributed by atoms with Crippen LogP contribution in [0.1, 0.15) is 38.5 Å². The number of unbranched alkanes of at least 4 members (excludes halogenated alkanes) is 1. The zero-order valence-corrected chi connectivity index (χ0v) is 11.8. The van der Waals surface area contributed by atoms with E-state index >= 15 is 0 Å². The number of ether oxygens (including phenoxy) is 2. The van der Waals surface area contributed by atoms with Gasteiger partial charge in [-0.05, 0) is 24.4 Å². The van der Waals surface area contributed by atoms with Gasteiger partial charge in [-0.15, -0.1) is 0 Å². The minimum Gasteiger partial charge on any atom is -0.469 e. The summed E-state index contributed by atoms with van der Waals surface area (Å²) in [6, 6.07) is 0. The van der Waals surface area contributed by atoms with Crippen molar-refractivity contribution in [3.05, 3.63) is 10.1 Å². The second-order valence-electron chi connectivity index (χ2n) is 4.03. The van der Waals surface area contributed by atoms with Crippen LogP contribution in [-0.2, 0) is 19.1 Å². The number of alkyl halides is 1. The van der Waals surface area contributed by atoms with Gasteiger partial charge >= 0.3 is 11.9 Å². The molecule has 0 aromatic heterocycles. The van der Waals surface area contributed by atoms with Gasteiger partial charge in [0.25, 0.3) is 5.00 Å². The van der Waals surface area contributed by atoms with Crippen LogP contribution in [0.3, 0.4) is 0 Å². The summed E-state index contributed by atoms with van der Waals surface area (Å²) in [5.41, 5.74) is 0. The van der Waals surface area contributed by atoms with E-state index in [1.54, 1.807) is 0 Å². The molecule has 110 valence electrons. The van der Waals surface area contributed by atoms with Gasteiger partial charge in [0.05, 0.1) is 20.6 Å². The minimum atomic E-state index is -1.69. The highest BCUT2D eigenvalue weighted by Crippen LogP contribution is 2.29. The molecule has 7 nitrogen and oxygen atoms in total. The van der Waals surface area contributed by atoms with Crippen LogP contribution in [0.25, 0.3) is 0 Å². The van der Waals surface area contributed by atoms with Crippen molar-refractivity contribution >= 4 is 23.5 Å². The Morgan fingerprint density at radius 3 is 2.11 bits per heavy atom. The molecule has 0 N–H and O–H groups in total. The van der Waals surface area contributed by atoms with E-state index in [1.807, 2.05) is 0 Å². The average molecular weight is 296 g/mol. The van der Waals surface area contributed by atoms with Crippen molar-refractivity contribution in [3.8, 4) is 0 Å². The second-order valence-corrected chi connectivity index (χ2v) is 4.74. The molecule has 0 fully saturated rings. The maximum absolute atomic E-state index is 11.0. The Morgan fingerprint density at radius 2 is 1.63 bits per heavy atom. The highest BCUT2D eigenvalue weighted by Gasteiger charge is 2.40. The lowest BCUT2D eigenvalue weighted by Crippen LogP contribution is -2.32. The molecule has 0 amide bonds. The molecule has 0 aromatic carbocycles. The Morgan fingerprint density at radius 1 is 1.11 bits per heavy atom. The highest BCUT2D eigenvalue weighted by molar-refractivity contribution is 6.22. The number of hydrogen-bond donors (Lipinski definition) is 0. The van der Waals surface area contributed by atoms with Crippen LogP contribution in [-0.4, -0.2) is 36.1 Å². The van der Waals surface area contributed by atoms with E-state index in [1.165, 1.54) is 14.2 Å². The zero-order chi connectivity index (χ0) is 14.9. The fourth-order valence-corrected chi connectivity index (χ4v) is 1.70. The predicted octanol–water partition coefficient (Wildman–Crippen LogP) is 1.88. The van der Waals surface area contributed by atoms with Crippen LogP contribution < -0.4 is 0 Å². The van der Waals surface area contributed by atoms with Gasteiger partial charge < -0.3 is 9.47 Å². The first kappa shape index (κ1) is 17.6. The van der Waals surface area contributed by atoms with Crippen LogP contribution in [0.15, 0.2) is 0 Å². The smallest absolute Gasteiger partial charge is 0.305 e. The molecule has 0 spiro atoms. The molecule has 0 heterocycles. The predicted molar refractivity (Wildman–Crippen MR) is 67.3 cm³/mol. The quantitative estimate of drug-likeness (QED) is 0.161. The summed E-state index contributed by atoms with van der Waals surface area (Å²) in [7, 11) is 2.49. The summed E-state index contributed by atoms with van der Waals surface area (Å²) in [5.74, 6) is -0.905. The van der Waals surface area contributed by atoms with E-state index in [0.717, 1.165) is 0 Å². The lowest BCUT2D eigenvalue weighted by atomic mass is 10.0. The van der Waals surface area contributed by atoms with E-state index in [-0.39, 0.29) is 31.7 Å². The van der Waals surface area contributed by atoms with Crippen molar-refractivity contribution in [2.75, 3.05) is 14.2 Å². The van der Waals surface area contributed by atoms with Crippen molar-refractivity contribution in [3.63, 3.8) is 0 Å². The van der Waals surface area contributed by atoms with Gasteiger partial charge in [-0.3, -0.25) is 19.7 Å². The third-order valence-electron chi connectivity index (χ3n) is 2.69. The molecule has 0 aromatic rings. The number of nitro groups is 1.